The van der Waals surface area contributed by atoms with Gasteiger partial charge >= 0.3 is 0 Å². The molecule has 0 bridgehead atoms. The highest BCUT2D eigenvalue weighted by atomic mass is 16.5. The minimum atomic E-state index is -0.139. The van der Waals surface area contributed by atoms with Crippen molar-refractivity contribution in [3.8, 4) is 0 Å². The maximum atomic E-state index is 5.53. The minimum absolute atomic E-state index is 0.139. The normalized spacial score (nSPS) is 16.6. The Balaban J connectivity index is 2.41. The van der Waals surface area contributed by atoms with Crippen LogP contribution in [0.4, 0.5) is 0 Å². The zero-order chi connectivity index (χ0) is 12.3. The maximum absolute atomic E-state index is 5.53. The lowest BCUT2D eigenvalue weighted by Crippen LogP contribution is -2.22. The standard InChI is InChI=1S/C14H18N2O/c1-14(2,3)16-12(13-15-9-10-17-13)11-7-5-4-6-8-11/h4-8H,9-10H2,1-3H3. The Morgan fingerprint density at radius 3 is 2.47 bits per heavy atom. The average Bonchev–Trinajstić information content (AvgIpc) is 2.79. The molecule has 0 spiro atoms. The van der Waals surface area contributed by atoms with Crippen LogP contribution >= 0.6 is 0 Å². The molecule has 0 fully saturated rings. The van der Waals surface area contributed by atoms with E-state index in [1.807, 2.05) is 30.3 Å². The van der Waals surface area contributed by atoms with Crippen LogP contribution in [0.5, 0.6) is 0 Å². The largest absolute Gasteiger partial charge is 0.474 e. The molecule has 1 aromatic rings. The molecule has 2 rings (SSSR count). The second kappa shape index (κ2) is 4.70. The van der Waals surface area contributed by atoms with Crippen molar-refractivity contribution in [1.29, 1.82) is 0 Å². The van der Waals surface area contributed by atoms with Crippen molar-refractivity contribution < 1.29 is 4.74 Å². The highest BCUT2D eigenvalue weighted by Gasteiger charge is 2.20. The monoisotopic (exact) mass is 230 g/mol. The van der Waals surface area contributed by atoms with Gasteiger partial charge in [0.2, 0.25) is 5.90 Å². The van der Waals surface area contributed by atoms with E-state index in [4.69, 9.17) is 9.73 Å². The molecule has 0 atom stereocenters. The first-order valence-electron chi connectivity index (χ1n) is 5.89. The van der Waals surface area contributed by atoms with E-state index in [2.05, 4.69) is 25.8 Å². The molecule has 1 aromatic carbocycles. The van der Waals surface area contributed by atoms with Gasteiger partial charge in [0.25, 0.3) is 0 Å². The highest BCUT2D eigenvalue weighted by Crippen LogP contribution is 2.14. The third kappa shape index (κ3) is 3.16. The van der Waals surface area contributed by atoms with Crippen LogP contribution in [0.1, 0.15) is 26.3 Å². The molecular weight excluding hydrogens is 212 g/mol. The van der Waals surface area contributed by atoms with Crippen molar-refractivity contribution in [2.75, 3.05) is 13.2 Å². The quantitative estimate of drug-likeness (QED) is 0.719. The van der Waals surface area contributed by atoms with Crippen molar-refractivity contribution in [2.24, 2.45) is 9.98 Å². The SMILES string of the molecule is CC(C)(C)N=C(C1=NCCO1)c1ccccc1. The van der Waals surface area contributed by atoms with E-state index in [0.717, 1.165) is 17.8 Å². The Labute approximate surface area is 102 Å². The van der Waals surface area contributed by atoms with Gasteiger partial charge in [-0.05, 0) is 20.8 Å². The summed E-state index contributed by atoms with van der Waals surface area (Å²) < 4.78 is 5.53. The molecule has 90 valence electrons. The topological polar surface area (TPSA) is 34.0 Å². The van der Waals surface area contributed by atoms with E-state index in [9.17, 15) is 0 Å². The van der Waals surface area contributed by atoms with E-state index in [0.29, 0.717) is 12.5 Å². The van der Waals surface area contributed by atoms with Crippen LogP contribution in [0.15, 0.2) is 40.3 Å². The molecule has 1 heterocycles. The van der Waals surface area contributed by atoms with Crippen LogP contribution < -0.4 is 0 Å². The number of ether oxygens (including phenoxy) is 1. The summed E-state index contributed by atoms with van der Waals surface area (Å²) in [4.78, 5) is 9.08. The summed E-state index contributed by atoms with van der Waals surface area (Å²) in [5.74, 6) is 0.672. The Morgan fingerprint density at radius 1 is 1.24 bits per heavy atom. The molecule has 0 unspecified atom stereocenters. The fourth-order valence-electron chi connectivity index (χ4n) is 1.65. The van der Waals surface area contributed by atoms with Crippen molar-refractivity contribution in [1.82, 2.24) is 0 Å². The number of rotatable bonds is 2. The summed E-state index contributed by atoms with van der Waals surface area (Å²) in [5, 5.41) is 0. The van der Waals surface area contributed by atoms with Crippen LogP contribution in [0.25, 0.3) is 0 Å². The summed E-state index contributed by atoms with van der Waals surface area (Å²) >= 11 is 0. The van der Waals surface area contributed by atoms with Gasteiger partial charge in [-0.2, -0.15) is 0 Å². The molecule has 3 heteroatoms. The zero-order valence-electron chi connectivity index (χ0n) is 10.6. The Bertz CT molecular complexity index is 441. The van der Waals surface area contributed by atoms with Crippen molar-refractivity contribution >= 4 is 11.6 Å². The molecule has 0 saturated carbocycles. The lowest BCUT2D eigenvalue weighted by molar-refractivity contribution is 0.352. The first-order valence-corrected chi connectivity index (χ1v) is 5.89. The van der Waals surface area contributed by atoms with Crippen LogP contribution in [-0.2, 0) is 4.74 Å². The van der Waals surface area contributed by atoms with E-state index < -0.39 is 0 Å². The molecule has 0 N–H and O–H groups in total. The summed E-state index contributed by atoms with van der Waals surface area (Å²) in [5.41, 5.74) is 1.78. The van der Waals surface area contributed by atoms with E-state index in [1.165, 1.54) is 0 Å². The number of aliphatic imine (C=N–C) groups is 2. The van der Waals surface area contributed by atoms with Crippen LogP contribution in [0.2, 0.25) is 0 Å². The second-order valence-corrected chi connectivity index (χ2v) is 5.03. The zero-order valence-corrected chi connectivity index (χ0v) is 10.6. The Hall–Kier alpha value is -1.64. The van der Waals surface area contributed by atoms with E-state index >= 15 is 0 Å². The van der Waals surface area contributed by atoms with E-state index in [-0.39, 0.29) is 5.54 Å². The van der Waals surface area contributed by atoms with Gasteiger partial charge < -0.3 is 4.74 Å². The summed E-state index contributed by atoms with van der Waals surface area (Å²) in [6.07, 6.45) is 0. The smallest absolute Gasteiger partial charge is 0.235 e. The van der Waals surface area contributed by atoms with Crippen molar-refractivity contribution in [3.05, 3.63) is 35.9 Å². The first-order chi connectivity index (χ1) is 8.06. The summed E-state index contributed by atoms with van der Waals surface area (Å²) in [6.45, 7) is 7.61. The molecular formula is C14H18N2O. The first kappa shape index (κ1) is 11.8. The lowest BCUT2D eigenvalue weighted by atomic mass is 10.1. The maximum Gasteiger partial charge on any atom is 0.235 e. The van der Waals surface area contributed by atoms with Crippen LogP contribution in [0, 0.1) is 0 Å². The molecule has 0 aromatic heterocycles. The number of benzene rings is 1. The van der Waals surface area contributed by atoms with Gasteiger partial charge in [0.1, 0.15) is 12.3 Å². The molecule has 0 saturated heterocycles. The van der Waals surface area contributed by atoms with E-state index in [1.54, 1.807) is 0 Å². The lowest BCUT2D eigenvalue weighted by Gasteiger charge is -2.16. The van der Waals surface area contributed by atoms with Crippen molar-refractivity contribution in [3.63, 3.8) is 0 Å². The molecule has 0 amide bonds. The Morgan fingerprint density at radius 2 is 1.94 bits per heavy atom. The minimum Gasteiger partial charge on any atom is -0.474 e. The number of hydrogen-bond donors (Lipinski definition) is 0. The van der Waals surface area contributed by atoms with Gasteiger partial charge in [-0.3, -0.25) is 4.99 Å². The number of nitrogens with zero attached hydrogens (tertiary/aromatic N) is 2. The molecule has 0 radical (unpaired) electrons. The number of hydrogen-bond acceptors (Lipinski definition) is 3. The second-order valence-electron chi connectivity index (χ2n) is 5.03. The van der Waals surface area contributed by atoms with Gasteiger partial charge in [0.15, 0.2) is 0 Å². The fraction of sp³-hybridized carbons (Fsp3) is 0.429. The molecule has 0 aliphatic carbocycles. The molecule has 1 aliphatic rings. The van der Waals surface area contributed by atoms with Crippen LogP contribution in [-0.4, -0.2) is 30.3 Å². The van der Waals surface area contributed by atoms with Crippen molar-refractivity contribution in [2.45, 2.75) is 26.3 Å². The fourth-order valence-corrected chi connectivity index (χ4v) is 1.65. The highest BCUT2D eigenvalue weighted by molar-refractivity contribution is 6.45. The third-order valence-corrected chi connectivity index (χ3v) is 2.28. The van der Waals surface area contributed by atoms with Gasteiger partial charge in [-0.25, -0.2) is 4.99 Å². The van der Waals surface area contributed by atoms with Crippen LogP contribution in [0.3, 0.4) is 0 Å². The summed E-state index contributed by atoms with van der Waals surface area (Å²) in [7, 11) is 0. The Kier molecular flexibility index (Phi) is 3.27. The molecule has 1 aliphatic heterocycles. The predicted molar refractivity (Wildman–Crippen MR) is 71.0 cm³/mol. The van der Waals surface area contributed by atoms with Gasteiger partial charge in [-0.1, -0.05) is 30.3 Å². The van der Waals surface area contributed by atoms with Gasteiger partial charge in [-0.15, -0.1) is 0 Å². The van der Waals surface area contributed by atoms with Gasteiger partial charge in [0.05, 0.1) is 12.1 Å². The average molecular weight is 230 g/mol. The molecule has 3 nitrogen and oxygen atoms in total. The third-order valence-electron chi connectivity index (χ3n) is 2.28. The summed E-state index contributed by atoms with van der Waals surface area (Å²) in [6, 6.07) is 10.1. The molecule has 17 heavy (non-hydrogen) atoms. The van der Waals surface area contributed by atoms with Gasteiger partial charge in [0, 0.05) is 5.56 Å². The predicted octanol–water partition coefficient (Wildman–Crippen LogP) is 2.70.